The lowest BCUT2D eigenvalue weighted by Gasteiger charge is -2.30. The van der Waals surface area contributed by atoms with E-state index in [9.17, 15) is 9.65 Å². The molecule has 1 saturated carbocycles. The fraction of sp³-hybridized carbons (Fsp3) is 0.708. The molecule has 27 heavy (non-hydrogen) atoms. The van der Waals surface area contributed by atoms with Crippen molar-refractivity contribution in [3.8, 4) is 11.8 Å². The number of halogens is 1. The molecule has 0 saturated heterocycles. The second kappa shape index (κ2) is 12.0. The van der Waals surface area contributed by atoms with Gasteiger partial charge in [0.2, 0.25) is 0 Å². The zero-order valence-electron chi connectivity index (χ0n) is 17.2. The lowest BCUT2D eigenvalue weighted by molar-refractivity contribution is 0.279. The smallest absolute Gasteiger partial charge is 0.148 e. The third kappa shape index (κ3) is 6.52. The molecule has 0 spiro atoms. The van der Waals surface area contributed by atoms with Gasteiger partial charge in [-0.05, 0) is 56.1 Å². The monoisotopic (exact) mass is 373 g/mol. The van der Waals surface area contributed by atoms with Gasteiger partial charge in [0.25, 0.3) is 0 Å². The van der Waals surface area contributed by atoms with Crippen molar-refractivity contribution >= 4 is 0 Å². The van der Waals surface area contributed by atoms with Gasteiger partial charge >= 0.3 is 0 Å². The molecule has 0 unspecified atom stereocenters. The van der Waals surface area contributed by atoms with Crippen LogP contribution in [0.15, 0.2) is 12.1 Å². The van der Waals surface area contributed by atoms with Crippen LogP contribution in [0.2, 0.25) is 0 Å². The Balaban J connectivity index is 1.90. The summed E-state index contributed by atoms with van der Waals surface area (Å²) in [6.45, 7) is 4.89. The van der Waals surface area contributed by atoms with Crippen molar-refractivity contribution in [1.82, 2.24) is 0 Å². The fourth-order valence-electron chi connectivity index (χ4n) is 4.33. The van der Waals surface area contributed by atoms with Gasteiger partial charge in [-0.2, -0.15) is 5.26 Å². The predicted octanol–water partition coefficient (Wildman–Crippen LogP) is 7.51. The largest absolute Gasteiger partial charge is 0.493 e. The molecule has 1 aliphatic carbocycles. The Morgan fingerprint density at radius 1 is 1.00 bits per heavy atom. The van der Waals surface area contributed by atoms with Crippen LogP contribution in [-0.2, 0) is 0 Å². The third-order valence-corrected chi connectivity index (χ3v) is 5.94. The molecule has 2 rings (SSSR count). The molecule has 0 aliphatic heterocycles. The average molecular weight is 374 g/mol. The van der Waals surface area contributed by atoms with E-state index in [-0.39, 0.29) is 17.3 Å². The summed E-state index contributed by atoms with van der Waals surface area (Å²) in [6.07, 6.45) is 14.7. The highest BCUT2D eigenvalue weighted by Gasteiger charge is 2.28. The Kier molecular flexibility index (Phi) is 9.67. The van der Waals surface area contributed by atoms with Crippen molar-refractivity contribution in [1.29, 1.82) is 5.26 Å². The van der Waals surface area contributed by atoms with Crippen molar-refractivity contribution < 1.29 is 9.13 Å². The van der Waals surface area contributed by atoms with E-state index in [0.29, 0.717) is 17.9 Å². The number of benzene rings is 1. The van der Waals surface area contributed by atoms with Crippen LogP contribution in [0.25, 0.3) is 0 Å². The SMILES string of the molecule is CCCCCCCCC1CCC(c2c(OCCC)ccc(C#N)c2F)CC1. The number of nitrogens with zero attached hydrogens (tertiary/aromatic N) is 1. The van der Waals surface area contributed by atoms with Crippen molar-refractivity contribution in [3.05, 3.63) is 29.1 Å². The van der Waals surface area contributed by atoms with E-state index in [1.54, 1.807) is 12.1 Å². The molecule has 0 N–H and O–H groups in total. The second-order valence-electron chi connectivity index (χ2n) is 8.07. The summed E-state index contributed by atoms with van der Waals surface area (Å²) in [6, 6.07) is 5.32. The van der Waals surface area contributed by atoms with Gasteiger partial charge in [-0.25, -0.2) is 4.39 Å². The van der Waals surface area contributed by atoms with Crippen molar-refractivity contribution in [3.63, 3.8) is 0 Å². The van der Waals surface area contributed by atoms with Crippen LogP contribution in [0, 0.1) is 23.1 Å². The van der Waals surface area contributed by atoms with Crippen LogP contribution < -0.4 is 4.74 Å². The molecule has 3 heteroatoms. The number of unbranched alkanes of at least 4 members (excludes halogenated alkanes) is 5. The molecule has 0 bridgehead atoms. The van der Waals surface area contributed by atoms with Gasteiger partial charge in [0.1, 0.15) is 17.6 Å². The Morgan fingerprint density at radius 2 is 1.70 bits per heavy atom. The molecule has 1 fully saturated rings. The molecule has 0 amide bonds. The minimum absolute atomic E-state index is 0.142. The van der Waals surface area contributed by atoms with Crippen LogP contribution in [0.3, 0.4) is 0 Å². The Labute approximate surface area is 165 Å². The van der Waals surface area contributed by atoms with Crippen LogP contribution in [-0.4, -0.2) is 6.61 Å². The van der Waals surface area contributed by atoms with Crippen LogP contribution in [0.5, 0.6) is 5.75 Å². The topological polar surface area (TPSA) is 33.0 Å². The van der Waals surface area contributed by atoms with Crippen molar-refractivity contribution in [2.45, 2.75) is 96.8 Å². The summed E-state index contributed by atoms with van der Waals surface area (Å²) in [5.41, 5.74) is 0.795. The van der Waals surface area contributed by atoms with Crippen molar-refractivity contribution in [2.24, 2.45) is 5.92 Å². The molecular weight excluding hydrogens is 337 g/mol. The Morgan fingerprint density at radius 3 is 2.37 bits per heavy atom. The van der Waals surface area contributed by atoms with E-state index in [0.717, 1.165) is 25.2 Å². The zero-order valence-corrected chi connectivity index (χ0v) is 17.2. The number of hydrogen-bond acceptors (Lipinski definition) is 2. The highest BCUT2D eigenvalue weighted by molar-refractivity contribution is 5.45. The van der Waals surface area contributed by atoms with Crippen LogP contribution in [0.4, 0.5) is 4.39 Å². The first-order chi connectivity index (χ1) is 13.2. The third-order valence-electron chi connectivity index (χ3n) is 5.94. The second-order valence-corrected chi connectivity index (χ2v) is 8.07. The number of hydrogen-bond donors (Lipinski definition) is 0. The number of rotatable bonds is 11. The molecule has 0 radical (unpaired) electrons. The first kappa shape index (κ1) is 21.7. The van der Waals surface area contributed by atoms with E-state index < -0.39 is 0 Å². The summed E-state index contributed by atoms with van der Waals surface area (Å²) in [5, 5.41) is 9.19. The Hall–Kier alpha value is -1.56. The quantitative estimate of drug-likeness (QED) is 0.376. The van der Waals surface area contributed by atoms with Gasteiger partial charge in [-0.15, -0.1) is 0 Å². The minimum Gasteiger partial charge on any atom is -0.493 e. The normalized spacial score (nSPS) is 19.6. The number of ether oxygens (including phenoxy) is 1. The lowest BCUT2D eigenvalue weighted by Crippen LogP contribution is -2.16. The van der Waals surface area contributed by atoms with E-state index in [1.807, 2.05) is 13.0 Å². The first-order valence-electron chi connectivity index (χ1n) is 11.1. The predicted molar refractivity (Wildman–Crippen MR) is 110 cm³/mol. The van der Waals surface area contributed by atoms with Gasteiger partial charge in [0.05, 0.1) is 12.2 Å². The summed E-state index contributed by atoms with van der Waals surface area (Å²) < 4.78 is 20.7. The van der Waals surface area contributed by atoms with E-state index >= 15 is 0 Å². The lowest BCUT2D eigenvalue weighted by atomic mass is 9.76. The maximum absolute atomic E-state index is 14.9. The van der Waals surface area contributed by atoms with Gasteiger partial charge in [-0.3, -0.25) is 0 Å². The van der Waals surface area contributed by atoms with Crippen LogP contribution >= 0.6 is 0 Å². The average Bonchev–Trinajstić information content (AvgIpc) is 2.70. The Bertz CT molecular complexity index is 599. The fourth-order valence-corrected chi connectivity index (χ4v) is 4.33. The zero-order chi connectivity index (χ0) is 19.5. The van der Waals surface area contributed by atoms with E-state index in [1.165, 1.54) is 57.8 Å². The van der Waals surface area contributed by atoms with Gasteiger partial charge in [0.15, 0.2) is 0 Å². The maximum Gasteiger partial charge on any atom is 0.148 e. The van der Waals surface area contributed by atoms with Crippen LogP contribution in [0.1, 0.15) is 108 Å². The van der Waals surface area contributed by atoms with Gasteiger partial charge in [0, 0.05) is 5.56 Å². The number of nitriles is 1. The van der Waals surface area contributed by atoms with E-state index in [4.69, 9.17) is 4.74 Å². The molecule has 0 heterocycles. The van der Waals surface area contributed by atoms with E-state index in [2.05, 4.69) is 6.92 Å². The molecular formula is C24H36FNO. The summed E-state index contributed by atoms with van der Waals surface area (Å²) in [4.78, 5) is 0. The molecule has 0 atom stereocenters. The van der Waals surface area contributed by atoms with Gasteiger partial charge < -0.3 is 4.74 Å². The summed E-state index contributed by atoms with van der Waals surface area (Å²) in [5.74, 6) is 1.26. The molecule has 2 nitrogen and oxygen atoms in total. The van der Waals surface area contributed by atoms with Gasteiger partial charge in [-0.1, -0.05) is 58.8 Å². The molecule has 1 aromatic rings. The summed E-state index contributed by atoms with van der Waals surface area (Å²) in [7, 11) is 0. The first-order valence-corrected chi connectivity index (χ1v) is 11.1. The highest BCUT2D eigenvalue weighted by atomic mass is 19.1. The maximum atomic E-state index is 14.9. The minimum atomic E-state index is -0.356. The molecule has 1 aromatic carbocycles. The highest BCUT2D eigenvalue weighted by Crippen LogP contribution is 2.42. The van der Waals surface area contributed by atoms with Crippen molar-refractivity contribution in [2.75, 3.05) is 6.61 Å². The summed E-state index contributed by atoms with van der Waals surface area (Å²) >= 11 is 0. The molecule has 1 aliphatic rings. The standard InChI is InChI=1S/C24H36FNO/c1-3-5-6-7-8-9-10-19-11-13-20(14-12-19)23-22(27-17-4-2)16-15-21(18-26)24(23)25/h15-16,19-20H,3-14,17H2,1-2H3. The molecule has 150 valence electrons. The molecule has 0 aromatic heterocycles.